The van der Waals surface area contributed by atoms with E-state index in [9.17, 15) is 14.7 Å². The molecule has 2 fully saturated rings. The Hall–Kier alpha value is -2.28. The molecule has 7 heteroatoms. The molecule has 0 saturated carbocycles. The number of benzene rings is 1. The summed E-state index contributed by atoms with van der Waals surface area (Å²) in [6.45, 7) is 3.79. The van der Waals surface area contributed by atoms with E-state index in [4.69, 9.17) is 4.74 Å². The summed E-state index contributed by atoms with van der Waals surface area (Å²) in [4.78, 5) is 28.6. The molecule has 1 aromatic rings. The second-order valence-corrected chi connectivity index (χ2v) is 7.14. The van der Waals surface area contributed by atoms with Crippen LogP contribution in [0.4, 0.5) is 10.5 Å². The van der Waals surface area contributed by atoms with Crippen molar-refractivity contribution in [3.63, 3.8) is 0 Å². The molecule has 3 amide bonds. The number of nitrogens with zero attached hydrogens (tertiary/aromatic N) is 2. The molecule has 27 heavy (non-hydrogen) atoms. The highest BCUT2D eigenvalue weighted by Crippen LogP contribution is 2.25. The number of nitrogens with one attached hydrogen (secondary N) is 1. The van der Waals surface area contributed by atoms with E-state index in [1.165, 1.54) is 0 Å². The first-order valence-electron chi connectivity index (χ1n) is 9.83. The van der Waals surface area contributed by atoms with Gasteiger partial charge >= 0.3 is 6.03 Å². The first-order chi connectivity index (χ1) is 13.1. The summed E-state index contributed by atoms with van der Waals surface area (Å²) in [6, 6.07) is 7.20. The van der Waals surface area contributed by atoms with Gasteiger partial charge in [-0.1, -0.05) is 0 Å². The van der Waals surface area contributed by atoms with Crippen LogP contribution in [0.1, 0.15) is 39.0 Å². The number of ether oxygens (including phenoxy) is 1. The van der Waals surface area contributed by atoms with Crippen molar-refractivity contribution in [2.75, 3.05) is 31.2 Å². The van der Waals surface area contributed by atoms with Crippen molar-refractivity contribution in [2.45, 2.75) is 51.1 Å². The van der Waals surface area contributed by atoms with E-state index < -0.39 is 0 Å². The Morgan fingerprint density at radius 1 is 1.30 bits per heavy atom. The number of carbonyl (C=O) groups is 2. The van der Waals surface area contributed by atoms with Gasteiger partial charge in [-0.05, 0) is 56.9 Å². The Morgan fingerprint density at radius 3 is 2.78 bits per heavy atom. The number of anilines is 1. The third-order valence-electron chi connectivity index (χ3n) is 5.26. The van der Waals surface area contributed by atoms with Crippen molar-refractivity contribution < 1.29 is 19.4 Å². The first-order valence-corrected chi connectivity index (χ1v) is 9.83. The van der Waals surface area contributed by atoms with Crippen LogP contribution in [-0.4, -0.2) is 60.3 Å². The number of amides is 3. The van der Waals surface area contributed by atoms with E-state index in [1.54, 1.807) is 4.90 Å². The molecule has 2 aliphatic heterocycles. The van der Waals surface area contributed by atoms with Gasteiger partial charge in [0.1, 0.15) is 5.75 Å². The van der Waals surface area contributed by atoms with Crippen LogP contribution >= 0.6 is 0 Å². The maximum atomic E-state index is 12.7. The molecular formula is C20H29N3O4. The molecule has 0 radical (unpaired) electrons. The summed E-state index contributed by atoms with van der Waals surface area (Å²) in [6.07, 6.45) is 3.90. The lowest BCUT2D eigenvalue weighted by molar-refractivity contribution is -0.117. The van der Waals surface area contributed by atoms with Crippen molar-refractivity contribution in [2.24, 2.45) is 0 Å². The highest BCUT2D eigenvalue weighted by molar-refractivity contribution is 5.96. The minimum absolute atomic E-state index is 0.00927. The summed E-state index contributed by atoms with van der Waals surface area (Å²) in [5.41, 5.74) is 0.816. The molecule has 0 unspecified atom stereocenters. The lowest BCUT2D eigenvalue weighted by Crippen LogP contribution is -2.52. The predicted octanol–water partition coefficient (Wildman–Crippen LogP) is 2.14. The lowest BCUT2D eigenvalue weighted by Gasteiger charge is -2.36. The van der Waals surface area contributed by atoms with E-state index in [0.717, 1.165) is 30.7 Å². The van der Waals surface area contributed by atoms with Crippen LogP contribution in [0, 0.1) is 0 Å². The number of aliphatic hydroxyl groups is 1. The van der Waals surface area contributed by atoms with Crippen molar-refractivity contribution in [3.05, 3.63) is 24.3 Å². The van der Waals surface area contributed by atoms with E-state index in [1.807, 2.05) is 36.1 Å². The normalized spacial score (nSPS) is 22.8. The number of hydrogen-bond donors (Lipinski definition) is 2. The Kier molecular flexibility index (Phi) is 6.55. The van der Waals surface area contributed by atoms with E-state index in [2.05, 4.69) is 5.32 Å². The van der Waals surface area contributed by atoms with Gasteiger partial charge in [0.05, 0.1) is 12.6 Å². The average Bonchev–Trinajstić information content (AvgIpc) is 3.03. The van der Waals surface area contributed by atoms with Crippen molar-refractivity contribution in [3.8, 4) is 5.75 Å². The first kappa shape index (κ1) is 19.5. The van der Waals surface area contributed by atoms with Crippen LogP contribution < -0.4 is 15.0 Å². The highest BCUT2D eigenvalue weighted by Gasteiger charge is 2.34. The standard InChI is InChI=1S/C20H29N3O4/c1-2-27-18-8-6-17(7-9-18)23-14-15(13-19(23)25)21-20(26)22-11-4-3-5-16(22)10-12-24/h6-9,15-16,24H,2-5,10-14H2,1H3,(H,21,26)/t15-,16-/m0/s1. The lowest BCUT2D eigenvalue weighted by atomic mass is 10.00. The number of hydrogen-bond acceptors (Lipinski definition) is 4. The zero-order chi connectivity index (χ0) is 19.2. The molecular weight excluding hydrogens is 346 g/mol. The fraction of sp³-hybridized carbons (Fsp3) is 0.600. The van der Waals surface area contributed by atoms with Gasteiger partial charge in [-0.25, -0.2) is 4.79 Å². The molecule has 0 spiro atoms. The topological polar surface area (TPSA) is 82.1 Å². The van der Waals surface area contributed by atoms with Crippen LogP contribution in [0.5, 0.6) is 5.75 Å². The van der Waals surface area contributed by atoms with Crippen LogP contribution in [0.3, 0.4) is 0 Å². The molecule has 3 rings (SSSR count). The average molecular weight is 375 g/mol. The molecule has 2 N–H and O–H groups in total. The van der Waals surface area contributed by atoms with E-state index in [-0.39, 0.29) is 30.6 Å². The fourth-order valence-electron chi connectivity index (χ4n) is 3.92. The van der Waals surface area contributed by atoms with Crippen LogP contribution in [0.15, 0.2) is 24.3 Å². The van der Waals surface area contributed by atoms with Crippen LogP contribution in [-0.2, 0) is 4.79 Å². The molecule has 2 saturated heterocycles. The molecule has 2 atom stereocenters. The number of urea groups is 1. The maximum absolute atomic E-state index is 12.7. The minimum Gasteiger partial charge on any atom is -0.494 e. The van der Waals surface area contributed by atoms with Gasteiger partial charge in [0.15, 0.2) is 0 Å². The quantitative estimate of drug-likeness (QED) is 0.798. The summed E-state index contributed by atoms with van der Waals surface area (Å²) in [7, 11) is 0. The van der Waals surface area contributed by atoms with Gasteiger partial charge in [-0.2, -0.15) is 0 Å². The number of carbonyl (C=O) groups excluding carboxylic acids is 2. The van der Waals surface area contributed by atoms with Gasteiger partial charge in [0.25, 0.3) is 0 Å². The summed E-state index contributed by atoms with van der Waals surface area (Å²) < 4.78 is 5.44. The smallest absolute Gasteiger partial charge is 0.317 e. The molecule has 7 nitrogen and oxygen atoms in total. The summed E-state index contributed by atoms with van der Waals surface area (Å²) in [5, 5.41) is 12.2. The van der Waals surface area contributed by atoms with Crippen molar-refractivity contribution in [1.82, 2.24) is 10.2 Å². The highest BCUT2D eigenvalue weighted by atomic mass is 16.5. The van der Waals surface area contributed by atoms with E-state index in [0.29, 0.717) is 32.5 Å². The second kappa shape index (κ2) is 9.08. The third kappa shape index (κ3) is 4.71. The number of rotatable bonds is 6. The fourth-order valence-corrected chi connectivity index (χ4v) is 3.92. The van der Waals surface area contributed by atoms with Crippen molar-refractivity contribution in [1.29, 1.82) is 0 Å². The van der Waals surface area contributed by atoms with Gasteiger partial charge in [-0.3, -0.25) is 4.79 Å². The molecule has 148 valence electrons. The summed E-state index contributed by atoms with van der Waals surface area (Å²) in [5.74, 6) is 0.785. The molecule has 1 aromatic carbocycles. The Morgan fingerprint density at radius 2 is 2.07 bits per heavy atom. The SMILES string of the molecule is CCOc1ccc(N2C[C@@H](NC(=O)N3CCCC[C@H]3CCO)CC2=O)cc1. The Labute approximate surface area is 160 Å². The molecule has 2 aliphatic rings. The monoisotopic (exact) mass is 375 g/mol. The largest absolute Gasteiger partial charge is 0.494 e. The zero-order valence-corrected chi connectivity index (χ0v) is 15.9. The molecule has 0 bridgehead atoms. The number of likely N-dealkylation sites (tertiary alicyclic amines) is 1. The summed E-state index contributed by atoms with van der Waals surface area (Å²) >= 11 is 0. The van der Waals surface area contributed by atoms with Gasteiger partial charge < -0.3 is 25.0 Å². The zero-order valence-electron chi connectivity index (χ0n) is 15.9. The molecule has 0 aromatic heterocycles. The Balaban J connectivity index is 1.59. The molecule has 2 heterocycles. The number of piperidine rings is 1. The van der Waals surface area contributed by atoms with Crippen LogP contribution in [0.25, 0.3) is 0 Å². The van der Waals surface area contributed by atoms with E-state index >= 15 is 0 Å². The number of aliphatic hydroxyl groups excluding tert-OH is 1. The van der Waals surface area contributed by atoms with Gasteiger partial charge in [0.2, 0.25) is 5.91 Å². The van der Waals surface area contributed by atoms with Gasteiger partial charge in [-0.15, -0.1) is 0 Å². The maximum Gasteiger partial charge on any atom is 0.317 e. The molecule has 0 aliphatic carbocycles. The predicted molar refractivity (Wildman–Crippen MR) is 103 cm³/mol. The van der Waals surface area contributed by atoms with Crippen molar-refractivity contribution >= 4 is 17.6 Å². The minimum atomic E-state index is -0.201. The third-order valence-corrected chi connectivity index (χ3v) is 5.26. The van der Waals surface area contributed by atoms with Crippen LogP contribution in [0.2, 0.25) is 0 Å². The second-order valence-electron chi connectivity index (χ2n) is 7.14. The van der Waals surface area contributed by atoms with Gasteiger partial charge in [0, 0.05) is 37.8 Å². The Bertz CT molecular complexity index is 647.